The molecule has 0 unspecified atom stereocenters. The minimum atomic E-state index is -1.15. The van der Waals surface area contributed by atoms with Crippen LogP contribution >= 0.6 is 15.9 Å². The van der Waals surface area contributed by atoms with E-state index in [0.717, 1.165) is 35.1 Å². The summed E-state index contributed by atoms with van der Waals surface area (Å²) >= 11 is 3.38. The first-order valence-corrected chi connectivity index (χ1v) is 9.39. The molecule has 0 spiro atoms. The van der Waals surface area contributed by atoms with Crippen molar-refractivity contribution in [3.05, 3.63) is 34.3 Å². The van der Waals surface area contributed by atoms with E-state index in [1.54, 1.807) is 24.0 Å². The lowest BCUT2D eigenvalue weighted by Gasteiger charge is -2.24. The summed E-state index contributed by atoms with van der Waals surface area (Å²) in [5.74, 6) is -0.553. The molecule has 2 saturated heterocycles. The summed E-state index contributed by atoms with van der Waals surface area (Å²) < 4.78 is 0.826. The maximum absolute atomic E-state index is 12.9. The number of likely N-dealkylation sites (tertiary alicyclic amines) is 1. The van der Waals surface area contributed by atoms with E-state index in [0.29, 0.717) is 18.7 Å². The van der Waals surface area contributed by atoms with Gasteiger partial charge >= 0.3 is 6.03 Å². The zero-order chi connectivity index (χ0) is 18.0. The molecule has 2 aliphatic heterocycles. The summed E-state index contributed by atoms with van der Waals surface area (Å²) in [4.78, 5) is 40.6. The standard InChI is InChI=1S/C18H22BrN3O3/c1-18(13-7-6-8-14(19)11-13)16(24)22(17(25)20-18)12-15(23)21-9-4-2-3-5-10-21/h6-8,11H,2-5,9-10,12H2,1H3,(H,20,25)/t18-/m0/s1. The number of benzene rings is 1. The average molecular weight is 408 g/mol. The SMILES string of the molecule is C[C@@]1(c2cccc(Br)c2)NC(=O)N(CC(=O)N2CCCCCC2)C1=O. The highest BCUT2D eigenvalue weighted by Crippen LogP contribution is 2.30. The molecule has 3 rings (SSSR count). The van der Waals surface area contributed by atoms with Crippen LogP contribution in [-0.2, 0) is 15.1 Å². The van der Waals surface area contributed by atoms with Gasteiger partial charge in [0.2, 0.25) is 5.91 Å². The van der Waals surface area contributed by atoms with Crippen LogP contribution in [0, 0.1) is 0 Å². The predicted octanol–water partition coefficient (Wildman–Crippen LogP) is 2.62. The van der Waals surface area contributed by atoms with Gasteiger partial charge in [-0.25, -0.2) is 4.79 Å². The van der Waals surface area contributed by atoms with Crippen LogP contribution in [0.2, 0.25) is 0 Å². The summed E-state index contributed by atoms with van der Waals surface area (Å²) in [5.41, 5.74) is -0.468. The molecule has 1 aromatic carbocycles. The van der Waals surface area contributed by atoms with Crippen LogP contribution in [0.1, 0.15) is 38.2 Å². The van der Waals surface area contributed by atoms with Crippen molar-refractivity contribution in [2.24, 2.45) is 0 Å². The lowest BCUT2D eigenvalue weighted by molar-refractivity contribution is -0.138. The largest absolute Gasteiger partial charge is 0.341 e. The molecule has 0 aromatic heterocycles. The van der Waals surface area contributed by atoms with E-state index in [1.165, 1.54) is 0 Å². The lowest BCUT2D eigenvalue weighted by Crippen LogP contribution is -2.44. The molecule has 2 fully saturated rings. The summed E-state index contributed by atoms with van der Waals surface area (Å²) in [6.45, 7) is 2.87. The summed E-state index contributed by atoms with van der Waals surface area (Å²) in [5, 5.41) is 2.74. The van der Waals surface area contributed by atoms with Crippen molar-refractivity contribution in [3.63, 3.8) is 0 Å². The first-order valence-electron chi connectivity index (χ1n) is 8.60. The Bertz CT molecular complexity index is 701. The third-order valence-electron chi connectivity index (χ3n) is 4.93. The normalized spacial score (nSPS) is 24.2. The Kier molecular flexibility index (Phi) is 5.13. The minimum absolute atomic E-state index is 0.163. The summed E-state index contributed by atoms with van der Waals surface area (Å²) in [7, 11) is 0. The lowest BCUT2D eigenvalue weighted by atomic mass is 9.92. The van der Waals surface area contributed by atoms with Crippen LogP contribution in [0.5, 0.6) is 0 Å². The number of urea groups is 1. The number of halogens is 1. The Morgan fingerprint density at radius 2 is 1.88 bits per heavy atom. The van der Waals surface area contributed by atoms with Crippen LogP contribution in [0.4, 0.5) is 4.79 Å². The molecular weight excluding hydrogens is 386 g/mol. The number of imide groups is 1. The maximum atomic E-state index is 12.9. The molecule has 25 heavy (non-hydrogen) atoms. The number of hydrogen-bond donors (Lipinski definition) is 1. The average Bonchev–Trinajstić information content (AvgIpc) is 2.80. The van der Waals surface area contributed by atoms with Gasteiger partial charge in [0.05, 0.1) is 0 Å². The van der Waals surface area contributed by atoms with E-state index in [4.69, 9.17) is 0 Å². The number of amides is 4. The molecule has 2 aliphatic rings. The monoisotopic (exact) mass is 407 g/mol. The van der Waals surface area contributed by atoms with Crippen molar-refractivity contribution < 1.29 is 14.4 Å². The number of hydrogen-bond acceptors (Lipinski definition) is 3. The van der Waals surface area contributed by atoms with Crippen LogP contribution < -0.4 is 5.32 Å². The molecule has 134 valence electrons. The van der Waals surface area contributed by atoms with Crippen LogP contribution in [0.3, 0.4) is 0 Å². The number of nitrogens with one attached hydrogen (secondary N) is 1. The molecule has 1 N–H and O–H groups in total. The van der Waals surface area contributed by atoms with Crippen molar-refractivity contribution in [2.45, 2.75) is 38.1 Å². The van der Waals surface area contributed by atoms with Crippen molar-refractivity contribution >= 4 is 33.8 Å². The minimum Gasteiger partial charge on any atom is -0.341 e. The van der Waals surface area contributed by atoms with E-state index in [-0.39, 0.29) is 12.5 Å². The highest BCUT2D eigenvalue weighted by Gasteiger charge is 2.49. The second kappa shape index (κ2) is 7.15. The molecule has 0 saturated carbocycles. The zero-order valence-electron chi connectivity index (χ0n) is 14.3. The van der Waals surface area contributed by atoms with Crippen LogP contribution in [0.25, 0.3) is 0 Å². The Balaban J connectivity index is 1.76. The molecule has 2 heterocycles. The third kappa shape index (κ3) is 3.56. The Labute approximate surface area is 155 Å². The molecule has 6 nitrogen and oxygen atoms in total. The van der Waals surface area contributed by atoms with Gasteiger partial charge in [-0.3, -0.25) is 14.5 Å². The van der Waals surface area contributed by atoms with E-state index < -0.39 is 17.5 Å². The van der Waals surface area contributed by atoms with Crippen molar-refractivity contribution in [3.8, 4) is 0 Å². The zero-order valence-corrected chi connectivity index (χ0v) is 15.8. The molecule has 0 radical (unpaired) electrons. The molecule has 1 aromatic rings. The van der Waals surface area contributed by atoms with E-state index in [1.807, 2.05) is 12.1 Å². The third-order valence-corrected chi connectivity index (χ3v) is 5.42. The van der Waals surface area contributed by atoms with Gasteiger partial charge in [-0.2, -0.15) is 0 Å². The highest BCUT2D eigenvalue weighted by atomic mass is 79.9. The molecule has 1 atom stereocenters. The molecule has 4 amide bonds. The van der Waals surface area contributed by atoms with Gasteiger partial charge in [0.1, 0.15) is 12.1 Å². The molecule has 0 bridgehead atoms. The van der Waals surface area contributed by atoms with Gasteiger partial charge in [0, 0.05) is 17.6 Å². The first kappa shape index (κ1) is 17.9. The van der Waals surface area contributed by atoms with Gasteiger partial charge in [0.15, 0.2) is 0 Å². The topological polar surface area (TPSA) is 69.7 Å². The van der Waals surface area contributed by atoms with Gasteiger partial charge in [-0.05, 0) is 37.5 Å². The van der Waals surface area contributed by atoms with Crippen molar-refractivity contribution in [1.82, 2.24) is 15.1 Å². The molecular formula is C18H22BrN3O3. The van der Waals surface area contributed by atoms with E-state index >= 15 is 0 Å². The quantitative estimate of drug-likeness (QED) is 0.782. The predicted molar refractivity (Wildman–Crippen MR) is 96.8 cm³/mol. The number of carbonyl (C=O) groups is 3. The summed E-state index contributed by atoms with van der Waals surface area (Å²) in [6, 6.07) is 6.75. The first-order chi connectivity index (χ1) is 11.9. The molecule has 0 aliphatic carbocycles. The second-order valence-corrected chi connectivity index (χ2v) is 7.67. The number of nitrogens with zero attached hydrogens (tertiary/aromatic N) is 2. The summed E-state index contributed by atoms with van der Waals surface area (Å²) in [6.07, 6.45) is 4.19. The maximum Gasteiger partial charge on any atom is 0.325 e. The van der Waals surface area contributed by atoms with Crippen molar-refractivity contribution in [1.29, 1.82) is 0 Å². The van der Waals surface area contributed by atoms with Gasteiger partial charge in [0.25, 0.3) is 5.91 Å². The number of rotatable bonds is 3. The fourth-order valence-electron chi connectivity index (χ4n) is 3.39. The molecule has 7 heteroatoms. The van der Waals surface area contributed by atoms with Gasteiger partial charge in [-0.1, -0.05) is 40.9 Å². The van der Waals surface area contributed by atoms with E-state index in [9.17, 15) is 14.4 Å². The van der Waals surface area contributed by atoms with Gasteiger partial charge < -0.3 is 10.2 Å². The Morgan fingerprint density at radius 3 is 2.52 bits per heavy atom. The smallest absolute Gasteiger partial charge is 0.325 e. The highest BCUT2D eigenvalue weighted by molar-refractivity contribution is 9.10. The second-order valence-electron chi connectivity index (χ2n) is 6.75. The van der Waals surface area contributed by atoms with Crippen molar-refractivity contribution in [2.75, 3.05) is 19.6 Å². The van der Waals surface area contributed by atoms with Crippen LogP contribution in [0.15, 0.2) is 28.7 Å². The van der Waals surface area contributed by atoms with Crippen LogP contribution in [-0.4, -0.2) is 47.3 Å². The van der Waals surface area contributed by atoms with Gasteiger partial charge in [-0.15, -0.1) is 0 Å². The fourth-order valence-corrected chi connectivity index (χ4v) is 3.79. The Morgan fingerprint density at radius 1 is 1.20 bits per heavy atom. The fraction of sp³-hybridized carbons (Fsp3) is 0.500. The number of carbonyl (C=O) groups excluding carboxylic acids is 3. The van der Waals surface area contributed by atoms with E-state index in [2.05, 4.69) is 21.2 Å². The Hall–Kier alpha value is -1.89.